The fourth-order valence-electron chi connectivity index (χ4n) is 2.95. The van der Waals surface area contributed by atoms with E-state index in [1.54, 1.807) is 12.3 Å². The van der Waals surface area contributed by atoms with Crippen LogP contribution in [0.25, 0.3) is 0 Å². The molecule has 0 radical (unpaired) electrons. The van der Waals surface area contributed by atoms with Gasteiger partial charge in [0.1, 0.15) is 0 Å². The molecule has 1 aliphatic heterocycles. The molecule has 2 aromatic rings. The zero-order valence-corrected chi connectivity index (χ0v) is 13.1. The summed E-state index contributed by atoms with van der Waals surface area (Å²) in [5, 5.41) is 14.1. The summed E-state index contributed by atoms with van der Waals surface area (Å²) in [6, 6.07) is 12.5. The molecule has 0 spiro atoms. The van der Waals surface area contributed by atoms with Crippen molar-refractivity contribution in [2.75, 3.05) is 23.3 Å². The number of rotatable bonds is 4. The largest absolute Gasteiger partial charge is 0.357 e. The van der Waals surface area contributed by atoms with E-state index in [0.717, 1.165) is 5.69 Å². The number of para-hydroxylation sites is 1. The van der Waals surface area contributed by atoms with Crippen molar-refractivity contribution in [1.82, 2.24) is 0 Å². The van der Waals surface area contributed by atoms with Crippen LogP contribution in [-0.4, -0.2) is 23.9 Å². The van der Waals surface area contributed by atoms with Gasteiger partial charge in [-0.1, -0.05) is 18.2 Å². The Kier molecular flexibility index (Phi) is 4.69. The minimum absolute atomic E-state index is 0.00684. The van der Waals surface area contributed by atoms with Gasteiger partial charge >= 0.3 is 11.5 Å². The first-order chi connectivity index (χ1) is 11.6. The average molecular weight is 327 g/mol. The van der Waals surface area contributed by atoms with E-state index in [2.05, 4.69) is 10.3 Å². The highest BCUT2D eigenvalue weighted by molar-refractivity contribution is 5.92. The van der Waals surface area contributed by atoms with E-state index >= 15 is 0 Å². The molecule has 2 N–H and O–H groups in total. The Morgan fingerprint density at radius 2 is 1.88 bits per heavy atom. The second-order valence-corrected chi connectivity index (χ2v) is 5.78. The van der Waals surface area contributed by atoms with Crippen LogP contribution in [0.5, 0.6) is 0 Å². The lowest BCUT2D eigenvalue weighted by Crippen LogP contribution is -2.40. The molecule has 0 aliphatic carbocycles. The van der Waals surface area contributed by atoms with Crippen LogP contribution >= 0.6 is 0 Å². The van der Waals surface area contributed by atoms with E-state index in [1.807, 2.05) is 35.2 Å². The van der Waals surface area contributed by atoms with Crippen LogP contribution < -0.4 is 15.2 Å². The number of nitro groups is 1. The van der Waals surface area contributed by atoms with E-state index < -0.39 is 0 Å². The number of aromatic nitrogens is 1. The molecule has 0 unspecified atom stereocenters. The number of amides is 1. The standard InChI is InChI=1S/C17H18N4O3/c22-17(19-14-5-2-1-3-6-14)13-8-11-20(12-9-13)16-15(21(23)24)7-4-10-18-16/h1-7,10,13H,8-9,11-12H2,(H,19,22)/p+1. The first kappa shape index (κ1) is 15.9. The zero-order valence-electron chi connectivity index (χ0n) is 13.1. The summed E-state index contributed by atoms with van der Waals surface area (Å²) in [4.78, 5) is 28.0. The van der Waals surface area contributed by atoms with Crippen molar-refractivity contribution >= 4 is 23.1 Å². The summed E-state index contributed by atoms with van der Waals surface area (Å²) < 4.78 is 0. The molecular weight excluding hydrogens is 308 g/mol. The lowest BCUT2D eigenvalue weighted by molar-refractivity contribution is -0.411. The van der Waals surface area contributed by atoms with Crippen LogP contribution in [0.4, 0.5) is 17.2 Å². The topological polar surface area (TPSA) is 89.6 Å². The van der Waals surface area contributed by atoms with E-state index in [-0.39, 0.29) is 22.4 Å². The number of hydrogen-bond donors (Lipinski definition) is 1. The zero-order chi connectivity index (χ0) is 16.9. The van der Waals surface area contributed by atoms with Crippen LogP contribution in [0.15, 0.2) is 48.7 Å². The van der Waals surface area contributed by atoms with E-state index in [4.69, 9.17) is 0 Å². The molecule has 1 saturated heterocycles. The fraction of sp³-hybridized carbons (Fsp3) is 0.294. The van der Waals surface area contributed by atoms with E-state index in [9.17, 15) is 14.9 Å². The third kappa shape index (κ3) is 3.51. The Labute approximate surface area is 139 Å². The van der Waals surface area contributed by atoms with Crippen molar-refractivity contribution in [3.63, 3.8) is 0 Å². The van der Waals surface area contributed by atoms with Gasteiger partial charge < -0.3 is 5.32 Å². The average Bonchev–Trinajstić information content (AvgIpc) is 2.62. The molecule has 24 heavy (non-hydrogen) atoms. The smallest absolute Gasteiger partial charge is 0.326 e. The Morgan fingerprint density at radius 3 is 2.54 bits per heavy atom. The van der Waals surface area contributed by atoms with Gasteiger partial charge in [0, 0.05) is 17.7 Å². The lowest BCUT2D eigenvalue weighted by Gasteiger charge is -2.26. The summed E-state index contributed by atoms with van der Waals surface area (Å²) in [5.74, 6) is 0.432. The molecule has 1 fully saturated rings. The number of anilines is 2. The van der Waals surface area contributed by atoms with E-state index in [0.29, 0.717) is 31.7 Å². The number of nitrogens with zero attached hydrogens (tertiary/aromatic N) is 2. The maximum Gasteiger partial charge on any atom is 0.357 e. The maximum absolute atomic E-state index is 12.3. The number of pyridine rings is 1. The van der Waals surface area contributed by atoms with Crippen molar-refractivity contribution < 1.29 is 14.7 Å². The van der Waals surface area contributed by atoms with Crippen molar-refractivity contribution in [2.45, 2.75) is 12.8 Å². The number of nitrogens with one attached hydrogen (secondary N) is 2. The van der Waals surface area contributed by atoms with Gasteiger partial charge in [-0.3, -0.25) is 19.8 Å². The molecule has 124 valence electrons. The number of hydrogen-bond acceptors (Lipinski definition) is 4. The second-order valence-electron chi connectivity index (χ2n) is 5.78. The number of piperidine rings is 1. The van der Waals surface area contributed by atoms with Gasteiger partial charge in [-0.2, -0.15) is 0 Å². The van der Waals surface area contributed by atoms with E-state index in [1.165, 1.54) is 6.07 Å². The van der Waals surface area contributed by atoms with Gasteiger partial charge in [-0.15, -0.1) is 0 Å². The highest BCUT2D eigenvalue weighted by Crippen LogP contribution is 2.27. The number of benzene rings is 1. The number of carbonyl (C=O) groups excluding carboxylic acids is 1. The van der Waals surface area contributed by atoms with Gasteiger partial charge in [0.2, 0.25) is 5.91 Å². The molecule has 7 heteroatoms. The second kappa shape index (κ2) is 7.08. The van der Waals surface area contributed by atoms with Crippen molar-refractivity contribution in [3.8, 4) is 0 Å². The normalized spacial score (nSPS) is 15.1. The lowest BCUT2D eigenvalue weighted by atomic mass is 9.95. The van der Waals surface area contributed by atoms with Gasteiger partial charge in [-0.25, -0.2) is 4.98 Å². The molecule has 1 aromatic heterocycles. The predicted octanol–water partition coefficient (Wildman–Crippen LogP) is 2.26. The van der Waals surface area contributed by atoms with Gasteiger partial charge in [0.05, 0.1) is 24.2 Å². The molecule has 1 amide bonds. The van der Waals surface area contributed by atoms with Gasteiger partial charge in [0.25, 0.3) is 0 Å². The van der Waals surface area contributed by atoms with Crippen LogP contribution in [0.1, 0.15) is 12.8 Å². The monoisotopic (exact) mass is 327 g/mol. The molecule has 1 aliphatic rings. The highest BCUT2D eigenvalue weighted by atomic mass is 16.6. The maximum atomic E-state index is 12.3. The molecule has 0 atom stereocenters. The Hall–Kier alpha value is -2.96. The summed E-state index contributed by atoms with van der Waals surface area (Å²) in [7, 11) is 0. The van der Waals surface area contributed by atoms with Crippen molar-refractivity contribution in [3.05, 3.63) is 58.8 Å². The summed E-state index contributed by atoms with van der Waals surface area (Å²) in [6.45, 7) is 1.21. The van der Waals surface area contributed by atoms with Crippen LogP contribution in [0.2, 0.25) is 0 Å². The Balaban J connectivity index is 1.62. The highest BCUT2D eigenvalue weighted by Gasteiger charge is 2.33. The molecule has 1 aromatic carbocycles. The molecule has 0 bridgehead atoms. The SMILES string of the molecule is O=C(Nc1ccccc1)C1CCN(c2[nH+]cccc2[N+](=O)[O-])CC1. The Morgan fingerprint density at radius 1 is 1.17 bits per heavy atom. The Bertz CT molecular complexity index is 728. The minimum atomic E-state index is -0.389. The first-order valence-corrected chi connectivity index (χ1v) is 7.91. The molecule has 2 heterocycles. The van der Waals surface area contributed by atoms with Crippen LogP contribution in [-0.2, 0) is 4.79 Å². The third-order valence-corrected chi connectivity index (χ3v) is 4.23. The van der Waals surface area contributed by atoms with Gasteiger partial charge in [-0.05, 0) is 31.0 Å². The van der Waals surface area contributed by atoms with Crippen LogP contribution in [0.3, 0.4) is 0 Å². The molecular formula is C17H19N4O3+. The third-order valence-electron chi connectivity index (χ3n) is 4.23. The summed E-state index contributed by atoms with van der Waals surface area (Å²) in [6.07, 6.45) is 3.01. The van der Waals surface area contributed by atoms with Crippen molar-refractivity contribution in [1.29, 1.82) is 0 Å². The predicted molar refractivity (Wildman–Crippen MR) is 89.7 cm³/mol. The number of carbonyl (C=O) groups is 1. The molecule has 3 rings (SSSR count). The van der Waals surface area contributed by atoms with Gasteiger partial charge in [0.15, 0.2) is 0 Å². The number of H-pyrrole nitrogens is 1. The molecule has 7 nitrogen and oxygen atoms in total. The molecule has 0 saturated carbocycles. The first-order valence-electron chi connectivity index (χ1n) is 7.91. The minimum Gasteiger partial charge on any atom is -0.326 e. The van der Waals surface area contributed by atoms with Crippen LogP contribution in [0, 0.1) is 16.0 Å². The quantitative estimate of drug-likeness (QED) is 0.689. The fourth-order valence-corrected chi connectivity index (χ4v) is 2.95. The summed E-state index contributed by atoms with van der Waals surface area (Å²) >= 11 is 0. The van der Waals surface area contributed by atoms with Crippen molar-refractivity contribution in [2.24, 2.45) is 5.92 Å². The summed E-state index contributed by atoms with van der Waals surface area (Å²) in [5.41, 5.74) is 0.849. The number of aromatic amines is 1.